The maximum atomic E-state index is 13.0. The molecule has 0 amide bonds. The zero-order valence-corrected chi connectivity index (χ0v) is 9.70. The van der Waals surface area contributed by atoms with Crippen molar-refractivity contribution in [2.24, 2.45) is 11.7 Å². The lowest BCUT2D eigenvalue weighted by molar-refractivity contribution is 0.306. The summed E-state index contributed by atoms with van der Waals surface area (Å²) >= 11 is 0. The molecule has 1 saturated heterocycles. The van der Waals surface area contributed by atoms with E-state index in [2.05, 4.69) is 11.8 Å². The molecule has 0 saturated carbocycles. The summed E-state index contributed by atoms with van der Waals surface area (Å²) < 4.78 is 13.0. The van der Waals surface area contributed by atoms with Crippen molar-refractivity contribution in [2.45, 2.75) is 19.4 Å². The van der Waals surface area contributed by atoms with Gasteiger partial charge in [0.1, 0.15) is 5.82 Å². The third kappa shape index (κ3) is 2.80. The summed E-state index contributed by atoms with van der Waals surface area (Å²) in [5, 5.41) is 0. The average molecular weight is 222 g/mol. The van der Waals surface area contributed by atoms with Gasteiger partial charge in [-0.05, 0) is 36.6 Å². The molecule has 0 aliphatic carbocycles. The van der Waals surface area contributed by atoms with Gasteiger partial charge in [-0.3, -0.25) is 0 Å². The number of hydrogen-bond donors (Lipinski definition) is 1. The molecule has 2 nitrogen and oxygen atoms in total. The van der Waals surface area contributed by atoms with Crippen LogP contribution in [0.2, 0.25) is 0 Å². The van der Waals surface area contributed by atoms with E-state index in [4.69, 9.17) is 5.73 Å². The van der Waals surface area contributed by atoms with E-state index in [1.54, 1.807) is 6.07 Å². The second-order valence-electron chi connectivity index (χ2n) is 4.81. The maximum Gasteiger partial charge on any atom is 0.123 e. The molecule has 1 aromatic rings. The summed E-state index contributed by atoms with van der Waals surface area (Å²) in [5.74, 6) is 0.558. The van der Waals surface area contributed by atoms with E-state index in [1.165, 1.54) is 18.6 Å². The molecule has 16 heavy (non-hydrogen) atoms. The van der Waals surface area contributed by atoms with E-state index < -0.39 is 0 Å². The first kappa shape index (κ1) is 11.6. The molecule has 2 rings (SSSR count). The SMILES string of the molecule is CC1CCN(CC(N)c2cccc(F)c2)C1. The monoisotopic (exact) mass is 222 g/mol. The lowest BCUT2D eigenvalue weighted by Crippen LogP contribution is -2.30. The van der Waals surface area contributed by atoms with Gasteiger partial charge in [0.25, 0.3) is 0 Å². The van der Waals surface area contributed by atoms with Crippen LogP contribution in [0.1, 0.15) is 24.9 Å². The van der Waals surface area contributed by atoms with Crippen molar-refractivity contribution in [2.75, 3.05) is 19.6 Å². The predicted molar refractivity (Wildman–Crippen MR) is 63.5 cm³/mol. The Morgan fingerprint density at radius 2 is 2.38 bits per heavy atom. The molecule has 88 valence electrons. The van der Waals surface area contributed by atoms with Gasteiger partial charge in [-0.25, -0.2) is 4.39 Å². The van der Waals surface area contributed by atoms with Gasteiger partial charge < -0.3 is 10.6 Å². The van der Waals surface area contributed by atoms with Gasteiger partial charge in [0.15, 0.2) is 0 Å². The standard InChI is InChI=1S/C13H19FN2/c1-10-5-6-16(8-10)9-13(15)11-3-2-4-12(14)7-11/h2-4,7,10,13H,5-6,8-9,15H2,1H3. The summed E-state index contributed by atoms with van der Waals surface area (Å²) in [5.41, 5.74) is 6.97. The second kappa shape index (κ2) is 4.93. The van der Waals surface area contributed by atoms with Crippen molar-refractivity contribution in [1.29, 1.82) is 0 Å². The minimum Gasteiger partial charge on any atom is -0.323 e. The molecule has 1 heterocycles. The van der Waals surface area contributed by atoms with E-state index in [-0.39, 0.29) is 11.9 Å². The molecule has 1 aliphatic rings. The van der Waals surface area contributed by atoms with Crippen LogP contribution in [0.15, 0.2) is 24.3 Å². The molecule has 0 aromatic heterocycles. The molecule has 2 N–H and O–H groups in total. The summed E-state index contributed by atoms with van der Waals surface area (Å²) in [6, 6.07) is 6.52. The number of nitrogens with zero attached hydrogens (tertiary/aromatic N) is 1. The highest BCUT2D eigenvalue weighted by molar-refractivity contribution is 5.20. The molecular formula is C13H19FN2. The first-order chi connectivity index (χ1) is 7.65. The summed E-state index contributed by atoms with van der Waals surface area (Å²) in [4.78, 5) is 2.36. The van der Waals surface area contributed by atoms with Gasteiger partial charge in [-0.15, -0.1) is 0 Å². The molecule has 0 radical (unpaired) electrons. The van der Waals surface area contributed by atoms with Gasteiger partial charge >= 0.3 is 0 Å². The molecule has 2 unspecified atom stereocenters. The average Bonchev–Trinajstić information content (AvgIpc) is 2.64. The number of hydrogen-bond acceptors (Lipinski definition) is 2. The number of nitrogens with two attached hydrogens (primary N) is 1. The van der Waals surface area contributed by atoms with Crippen molar-refractivity contribution >= 4 is 0 Å². The molecule has 0 bridgehead atoms. The van der Waals surface area contributed by atoms with Gasteiger partial charge in [-0.1, -0.05) is 19.1 Å². The second-order valence-corrected chi connectivity index (χ2v) is 4.81. The van der Waals surface area contributed by atoms with E-state index >= 15 is 0 Å². The Kier molecular flexibility index (Phi) is 3.56. The predicted octanol–water partition coefficient (Wildman–Crippen LogP) is 2.17. The normalized spacial score (nSPS) is 23.6. The van der Waals surface area contributed by atoms with E-state index in [9.17, 15) is 4.39 Å². The Labute approximate surface area is 96.2 Å². The van der Waals surface area contributed by atoms with Crippen molar-refractivity contribution in [1.82, 2.24) is 4.90 Å². The third-order valence-corrected chi connectivity index (χ3v) is 3.24. The zero-order valence-electron chi connectivity index (χ0n) is 9.70. The van der Waals surface area contributed by atoms with Gasteiger partial charge in [0, 0.05) is 19.1 Å². The fourth-order valence-electron chi connectivity index (χ4n) is 2.31. The largest absolute Gasteiger partial charge is 0.323 e. The van der Waals surface area contributed by atoms with Crippen LogP contribution in [-0.4, -0.2) is 24.5 Å². The summed E-state index contributed by atoms with van der Waals surface area (Å²) in [6.45, 7) is 5.31. The first-order valence-corrected chi connectivity index (χ1v) is 5.88. The Hall–Kier alpha value is -0.930. The smallest absolute Gasteiger partial charge is 0.123 e. The highest BCUT2D eigenvalue weighted by atomic mass is 19.1. The lowest BCUT2D eigenvalue weighted by atomic mass is 10.1. The van der Waals surface area contributed by atoms with Crippen LogP contribution in [-0.2, 0) is 0 Å². The fourth-order valence-corrected chi connectivity index (χ4v) is 2.31. The van der Waals surface area contributed by atoms with Crippen LogP contribution < -0.4 is 5.73 Å². The summed E-state index contributed by atoms with van der Waals surface area (Å²) in [6.07, 6.45) is 1.25. The third-order valence-electron chi connectivity index (χ3n) is 3.24. The Morgan fingerprint density at radius 1 is 1.56 bits per heavy atom. The summed E-state index contributed by atoms with van der Waals surface area (Å²) in [7, 11) is 0. The van der Waals surface area contributed by atoms with E-state index in [0.29, 0.717) is 0 Å². The topological polar surface area (TPSA) is 29.3 Å². The van der Waals surface area contributed by atoms with Crippen LogP contribution in [0, 0.1) is 11.7 Å². The fraction of sp³-hybridized carbons (Fsp3) is 0.538. The zero-order chi connectivity index (χ0) is 11.5. The van der Waals surface area contributed by atoms with Crippen LogP contribution in [0.25, 0.3) is 0 Å². The number of rotatable bonds is 3. The molecule has 1 aromatic carbocycles. The van der Waals surface area contributed by atoms with Gasteiger partial charge in [-0.2, -0.15) is 0 Å². The van der Waals surface area contributed by atoms with Crippen LogP contribution >= 0.6 is 0 Å². The van der Waals surface area contributed by atoms with Crippen LogP contribution in [0.5, 0.6) is 0 Å². The van der Waals surface area contributed by atoms with E-state index in [1.807, 2.05) is 6.07 Å². The molecular weight excluding hydrogens is 203 g/mol. The van der Waals surface area contributed by atoms with Crippen molar-refractivity contribution in [3.8, 4) is 0 Å². The minimum atomic E-state index is -0.206. The van der Waals surface area contributed by atoms with E-state index in [0.717, 1.165) is 31.1 Å². The minimum absolute atomic E-state index is 0.0824. The highest BCUT2D eigenvalue weighted by Crippen LogP contribution is 2.19. The Balaban J connectivity index is 1.95. The van der Waals surface area contributed by atoms with Crippen molar-refractivity contribution in [3.63, 3.8) is 0 Å². The Morgan fingerprint density at radius 3 is 3.00 bits per heavy atom. The Bertz CT molecular complexity index is 354. The number of benzene rings is 1. The molecule has 2 atom stereocenters. The van der Waals surface area contributed by atoms with Crippen molar-refractivity contribution in [3.05, 3.63) is 35.6 Å². The molecule has 1 aliphatic heterocycles. The molecule has 3 heteroatoms. The van der Waals surface area contributed by atoms with Gasteiger partial charge in [0.2, 0.25) is 0 Å². The van der Waals surface area contributed by atoms with Crippen LogP contribution in [0.4, 0.5) is 4.39 Å². The molecule has 0 spiro atoms. The van der Waals surface area contributed by atoms with Gasteiger partial charge in [0.05, 0.1) is 0 Å². The molecule has 1 fully saturated rings. The number of likely N-dealkylation sites (tertiary alicyclic amines) is 1. The highest BCUT2D eigenvalue weighted by Gasteiger charge is 2.20. The first-order valence-electron chi connectivity index (χ1n) is 5.88. The van der Waals surface area contributed by atoms with Crippen molar-refractivity contribution < 1.29 is 4.39 Å². The lowest BCUT2D eigenvalue weighted by Gasteiger charge is -2.20. The quantitative estimate of drug-likeness (QED) is 0.849. The van der Waals surface area contributed by atoms with Crippen LogP contribution in [0.3, 0.4) is 0 Å². The maximum absolute atomic E-state index is 13.0. The number of halogens is 1.